The molecule has 242 valence electrons. The van der Waals surface area contributed by atoms with Crippen molar-refractivity contribution in [2.45, 2.75) is 58.2 Å². The van der Waals surface area contributed by atoms with E-state index in [2.05, 4.69) is 192 Å². The fourth-order valence-electron chi connectivity index (χ4n) is 7.32. The first kappa shape index (κ1) is 31.4. The van der Waals surface area contributed by atoms with E-state index >= 15 is 0 Å². The van der Waals surface area contributed by atoms with Crippen LogP contribution in [0.5, 0.6) is 0 Å². The van der Waals surface area contributed by atoms with E-state index in [1.54, 1.807) is 0 Å². The molecule has 49 heavy (non-hydrogen) atoms. The zero-order chi connectivity index (χ0) is 34.0. The SMILES string of the molecule is CC1(C)c2cc(B3OC(C)(C)C(C)(C)O3)ccc2-c2ccc(N(c3ccc(-c4ccccc4)cc3)c3ccc(-c4ccccc4)cc3)cc21. The molecule has 2 aliphatic rings. The van der Waals surface area contributed by atoms with Crippen LogP contribution in [0.4, 0.5) is 17.1 Å². The largest absolute Gasteiger partial charge is 0.494 e. The Hall–Kier alpha value is -4.90. The van der Waals surface area contributed by atoms with Crippen molar-refractivity contribution < 1.29 is 9.31 Å². The Morgan fingerprint density at radius 2 is 0.837 bits per heavy atom. The van der Waals surface area contributed by atoms with Crippen LogP contribution in [0, 0.1) is 0 Å². The maximum absolute atomic E-state index is 6.45. The predicted octanol–water partition coefficient (Wildman–Crippen LogP) is 11.1. The normalized spacial score (nSPS) is 16.7. The van der Waals surface area contributed by atoms with Gasteiger partial charge >= 0.3 is 7.12 Å². The molecule has 8 rings (SSSR count). The first-order valence-electron chi connectivity index (χ1n) is 17.3. The Labute approximate surface area is 291 Å². The molecule has 1 saturated heterocycles. The molecule has 6 aromatic carbocycles. The van der Waals surface area contributed by atoms with Gasteiger partial charge < -0.3 is 14.2 Å². The molecule has 0 bridgehead atoms. The quantitative estimate of drug-likeness (QED) is 0.169. The lowest BCUT2D eigenvalue weighted by molar-refractivity contribution is 0.00578. The zero-order valence-electron chi connectivity index (χ0n) is 29.2. The van der Waals surface area contributed by atoms with Crippen LogP contribution in [0.3, 0.4) is 0 Å². The van der Waals surface area contributed by atoms with Crippen molar-refractivity contribution >= 4 is 29.6 Å². The van der Waals surface area contributed by atoms with Crippen LogP contribution >= 0.6 is 0 Å². The lowest BCUT2D eigenvalue weighted by Crippen LogP contribution is -2.41. The third-order valence-electron chi connectivity index (χ3n) is 10.9. The van der Waals surface area contributed by atoms with Gasteiger partial charge in [-0.05, 0) is 114 Å². The summed E-state index contributed by atoms with van der Waals surface area (Å²) in [5.41, 5.74) is 13.5. The van der Waals surface area contributed by atoms with Crippen molar-refractivity contribution in [3.05, 3.63) is 157 Å². The van der Waals surface area contributed by atoms with Gasteiger partial charge in [0.25, 0.3) is 0 Å². The molecule has 0 spiro atoms. The lowest BCUT2D eigenvalue weighted by Gasteiger charge is -2.32. The van der Waals surface area contributed by atoms with Gasteiger partial charge in [-0.3, -0.25) is 0 Å². The average molecular weight is 640 g/mol. The third kappa shape index (κ3) is 5.40. The molecule has 1 heterocycles. The van der Waals surface area contributed by atoms with Crippen LogP contribution in [0.25, 0.3) is 33.4 Å². The number of fused-ring (bicyclic) bond motifs is 3. The van der Waals surface area contributed by atoms with Crippen molar-refractivity contribution in [3.63, 3.8) is 0 Å². The standard InChI is InChI=1S/C45H42BNO2/c1-43(2)41-29-35(46-48-44(3,4)45(5,6)49-46)21-27-39(41)40-28-26-38(30-42(40)43)47(36-22-17-33(18-23-36)31-13-9-7-10-14-31)37-24-19-34(20-25-37)32-15-11-8-12-16-32/h7-30H,1-6H3. The van der Waals surface area contributed by atoms with Crippen LogP contribution in [0.2, 0.25) is 0 Å². The highest BCUT2D eigenvalue weighted by molar-refractivity contribution is 6.62. The Morgan fingerprint density at radius 1 is 0.429 bits per heavy atom. The first-order chi connectivity index (χ1) is 23.5. The summed E-state index contributed by atoms with van der Waals surface area (Å²) < 4.78 is 12.9. The molecular weight excluding hydrogens is 597 g/mol. The van der Waals surface area contributed by atoms with Crippen molar-refractivity contribution in [2.24, 2.45) is 0 Å². The molecule has 0 N–H and O–H groups in total. The number of hydrogen-bond donors (Lipinski definition) is 0. The summed E-state index contributed by atoms with van der Waals surface area (Å²) >= 11 is 0. The summed E-state index contributed by atoms with van der Waals surface area (Å²) in [5, 5.41) is 0. The van der Waals surface area contributed by atoms with Gasteiger partial charge in [-0.15, -0.1) is 0 Å². The molecule has 3 nitrogen and oxygen atoms in total. The molecule has 1 fully saturated rings. The minimum absolute atomic E-state index is 0.208. The van der Waals surface area contributed by atoms with Crippen LogP contribution < -0.4 is 10.4 Å². The van der Waals surface area contributed by atoms with Crippen LogP contribution in [0.15, 0.2) is 146 Å². The molecule has 0 aromatic heterocycles. The van der Waals surface area contributed by atoms with Crippen LogP contribution in [-0.2, 0) is 14.7 Å². The Morgan fingerprint density at radius 3 is 1.33 bits per heavy atom. The summed E-state index contributed by atoms with van der Waals surface area (Å²) in [6.45, 7) is 13.1. The van der Waals surface area contributed by atoms with Gasteiger partial charge in [-0.1, -0.05) is 123 Å². The lowest BCUT2D eigenvalue weighted by atomic mass is 9.74. The number of hydrogen-bond acceptors (Lipinski definition) is 3. The van der Waals surface area contributed by atoms with E-state index in [9.17, 15) is 0 Å². The zero-order valence-corrected chi connectivity index (χ0v) is 29.2. The summed E-state index contributed by atoms with van der Waals surface area (Å²) in [7, 11) is -0.390. The number of benzene rings is 6. The van der Waals surface area contributed by atoms with Gasteiger partial charge in [0.05, 0.1) is 11.2 Å². The molecule has 0 atom stereocenters. The fraction of sp³-hybridized carbons (Fsp3) is 0.200. The summed E-state index contributed by atoms with van der Waals surface area (Å²) in [6, 6.07) is 52.6. The molecule has 1 aliphatic heterocycles. The second kappa shape index (κ2) is 11.6. The maximum atomic E-state index is 6.45. The summed E-state index contributed by atoms with van der Waals surface area (Å²) in [4.78, 5) is 2.37. The van der Waals surface area contributed by atoms with Crippen LogP contribution in [-0.4, -0.2) is 18.3 Å². The number of anilines is 3. The van der Waals surface area contributed by atoms with E-state index in [1.165, 1.54) is 44.5 Å². The van der Waals surface area contributed by atoms with E-state index < -0.39 is 7.12 Å². The molecule has 0 radical (unpaired) electrons. The van der Waals surface area contributed by atoms with Gasteiger partial charge in [-0.2, -0.15) is 0 Å². The van der Waals surface area contributed by atoms with Crippen molar-refractivity contribution in [2.75, 3.05) is 4.90 Å². The highest BCUT2D eigenvalue weighted by Crippen LogP contribution is 2.51. The van der Waals surface area contributed by atoms with Crippen molar-refractivity contribution in [3.8, 4) is 33.4 Å². The van der Waals surface area contributed by atoms with E-state index in [-0.39, 0.29) is 16.6 Å². The molecule has 0 amide bonds. The minimum Gasteiger partial charge on any atom is -0.399 e. The van der Waals surface area contributed by atoms with Gasteiger partial charge in [0.1, 0.15) is 0 Å². The van der Waals surface area contributed by atoms with Gasteiger partial charge in [0, 0.05) is 22.5 Å². The van der Waals surface area contributed by atoms with Gasteiger partial charge in [-0.25, -0.2) is 0 Å². The second-order valence-corrected chi connectivity index (χ2v) is 14.9. The van der Waals surface area contributed by atoms with E-state index in [0.29, 0.717) is 0 Å². The van der Waals surface area contributed by atoms with Gasteiger partial charge in [0.2, 0.25) is 0 Å². The smallest absolute Gasteiger partial charge is 0.399 e. The molecule has 0 saturated carbocycles. The Balaban J connectivity index is 1.19. The third-order valence-corrected chi connectivity index (χ3v) is 10.9. The fourth-order valence-corrected chi connectivity index (χ4v) is 7.32. The molecule has 1 aliphatic carbocycles. The number of nitrogens with zero attached hydrogens (tertiary/aromatic N) is 1. The van der Waals surface area contributed by atoms with E-state index in [1.807, 2.05) is 0 Å². The topological polar surface area (TPSA) is 21.7 Å². The highest BCUT2D eigenvalue weighted by Gasteiger charge is 2.52. The molecule has 6 aromatic rings. The van der Waals surface area contributed by atoms with E-state index in [0.717, 1.165) is 22.5 Å². The predicted molar refractivity (Wildman–Crippen MR) is 205 cm³/mol. The number of rotatable bonds is 6. The molecular formula is C45H42BNO2. The van der Waals surface area contributed by atoms with Crippen LogP contribution in [0.1, 0.15) is 52.7 Å². The minimum atomic E-state index is -0.390. The second-order valence-electron chi connectivity index (χ2n) is 14.9. The summed E-state index contributed by atoms with van der Waals surface area (Å²) in [5.74, 6) is 0. The molecule has 4 heteroatoms. The monoisotopic (exact) mass is 639 g/mol. The molecule has 0 unspecified atom stereocenters. The highest BCUT2D eigenvalue weighted by atomic mass is 16.7. The Kier molecular flexibility index (Phi) is 7.44. The summed E-state index contributed by atoms with van der Waals surface area (Å²) in [6.07, 6.45) is 0. The van der Waals surface area contributed by atoms with Crippen molar-refractivity contribution in [1.29, 1.82) is 0 Å². The van der Waals surface area contributed by atoms with Crippen molar-refractivity contribution in [1.82, 2.24) is 0 Å². The van der Waals surface area contributed by atoms with E-state index in [4.69, 9.17) is 9.31 Å². The first-order valence-corrected chi connectivity index (χ1v) is 17.3. The average Bonchev–Trinajstić information content (AvgIpc) is 3.48. The maximum Gasteiger partial charge on any atom is 0.494 e. The van der Waals surface area contributed by atoms with Gasteiger partial charge in [0.15, 0.2) is 0 Å². The Bertz CT molecular complexity index is 2040.